The lowest BCUT2D eigenvalue weighted by molar-refractivity contribution is 0.0693. The first-order valence-corrected chi connectivity index (χ1v) is 9.95. The third kappa shape index (κ3) is 4.98. The van der Waals surface area contributed by atoms with E-state index in [0.29, 0.717) is 17.1 Å². The van der Waals surface area contributed by atoms with Gasteiger partial charge in [0.1, 0.15) is 18.1 Å². The number of ether oxygens (including phenoxy) is 2. The van der Waals surface area contributed by atoms with Crippen LogP contribution >= 0.6 is 0 Å². The van der Waals surface area contributed by atoms with Crippen molar-refractivity contribution in [2.45, 2.75) is 47.3 Å². The molecule has 0 bridgehead atoms. The highest BCUT2D eigenvalue weighted by atomic mass is 16.5. The van der Waals surface area contributed by atoms with Crippen LogP contribution in [-0.2, 0) is 6.61 Å². The van der Waals surface area contributed by atoms with Gasteiger partial charge < -0.3 is 14.6 Å². The number of carbonyl (C=O) groups is 1. The molecule has 5 heteroatoms. The number of hydrogen-bond donors (Lipinski definition) is 1. The molecule has 0 saturated heterocycles. The monoisotopic (exact) mass is 405 g/mol. The van der Waals surface area contributed by atoms with E-state index < -0.39 is 5.97 Å². The molecule has 3 aromatic rings. The van der Waals surface area contributed by atoms with Crippen LogP contribution in [0.5, 0.6) is 11.5 Å². The summed E-state index contributed by atoms with van der Waals surface area (Å²) in [6.45, 7) is 9.94. The van der Waals surface area contributed by atoms with Crippen molar-refractivity contribution in [2.75, 3.05) is 0 Å². The molecule has 5 nitrogen and oxygen atoms in total. The number of hydrogen-bond acceptors (Lipinski definition) is 4. The fourth-order valence-electron chi connectivity index (χ4n) is 3.17. The van der Waals surface area contributed by atoms with Gasteiger partial charge in [0.25, 0.3) is 0 Å². The highest BCUT2D eigenvalue weighted by Gasteiger charge is 2.17. The van der Waals surface area contributed by atoms with E-state index in [0.717, 1.165) is 28.0 Å². The summed E-state index contributed by atoms with van der Waals surface area (Å²) in [5.41, 5.74) is 5.11. The van der Waals surface area contributed by atoms with E-state index in [4.69, 9.17) is 9.47 Å². The van der Waals surface area contributed by atoms with E-state index in [2.05, 4.69) is 4.98 Å². The van der Waals surface area contributed by atoms with Crippen molar-refractivity contribution in [2.24, 2.45) is 0 Å². The highest BCUT2D eigenvalue weighted by Crippen LogP contribution is 2.31. The van der Waals surface area contributed by atoms with Gasteiger partial charge in [-0.3, -0.25) is 0 Å². The van der Waals surface area contributed by atoms with Crippen molar-refractivity contribution in [3.63, 3.8) is 0 Å². The Bertz CT molecular complexity index is 1070. The predicted octanol–water partition coefficient (Wildman–Crippen LogP) is 5.74. The minimum Gasteiger partial charge on any atom is -0.490 e. The largest absolute Gasteiger partial charge is 0.490 e. The van der Waals surface area contributed by atoms with Gasteiger partial charge in [-0.05, 0) is 76.1 Å². The predicted molar refractivity (Wildman–Crippen MR) is 117 cm³/mol. The topological polar surface area (TPSA) is 68.7 Å². The lowest BCUT2D eigenvalue weighted by Crippen LogP contribution is -2.10. The Morgan fingerprint density at radius 1 is 0.967 bits per heavy atom. The number of carboxylic acids is 1. The molecule has 0 fully saturated rings. The quantitative estimate of drug-likeness (QED) is 0.543. The van der Waals surface area contributed by atoms with Crippen molar-refractivity contribution in [1.82, 2.24) is 4.98 Å². The zero-order chi connectivity index (χ0) is 21.8. The van der Waals surface area contributed by atoms with Gasteiger partial charge in [-0.2, -0.15) is 0 Å². The number of carboxylic acid groups (broad SMARTS) is 1. The molecule has 0 aliphatic carbocycles. The number of aromatic nitrogens is 1. The van der Waals surface area contributed by atoms with E-state index in [1.165, 1.54) is 0 Å². The van der Waals surface area contributed by atoms with Gasteiger partial charge in [0, 0.05) is 5.56 Å². The fourth-order valence-corrected chi connectivity index (χ4v) is 3.17. The average molecular weight is 405 g/mol. The SMILES string of the molecule is Cc1ccc(C)c(OCc2nc(-c3cc(C)ccc3OC(C)C)ccc2C(=O)O)c1. The standard InChI is InChI=1S/C25H27NO4/c1-15(2)30-23-11-7-16(3)12-20(23)21-10-9-19(25(27)28)22(26-21)14-29-24-13-17(4)6-8-18(24)5/h6-13,15H,14H2,1-5H3,(H,27,28). The third-order valence-electron chi connectivity index (χ3n) is 4.69. The van der Waals surface area contributed by atoms with E-state index in [1.807, 2.05) is 71.0 Å². The van der Waals surface area contributed by atoms with E-state index in [1.54, 1.807) is 12.1 Å². The first kappa shape index (κ1) is 21.4. The number of benzene rings is 2. The molecule has 3 rings (SSSR count). The highest BCUT2D eigenvalue weighted by molar-refractivity contribution is 5.89. The lowest BCUT2D eigenvalue weighted by Gasteiger charge is -2.16. The summed E-state index contributed by atoms with van der Waals surface area (Å²) >= 11 is 0. The molecule has 0 radical (unpaired) electrons. The van der Waals surface area contributed by atoms with Gasteiger partial charge in [-0.15, -0.1) is 0 Å². The Kier molecular flexibility index (Phi) is 6.40. The molecule has 0 saturated carbocycles. The molecule has 0 amide bonds. The lowest BCUT2D eigenvalue weighted by atomic mass is 10.0. The Hall–Kier alpha value is -3.34. The van der Waals surface area contributed by atoms with Gasteiger partial charge in [-0.1, -0.05) is 23.8 Å². The van der Waals surface area contributed by atoms with E-state index in [-0.39, 0.29) is 18.3 Å². The molecule has 0 unspecified atom stereocenters. The maximum atomic E-state index is 11.7. The van der Waals surface area contributed by atoms with E-state index >= 15 is 0 Å². The molecule has 1 N–H and O–H groups in total. The molecule has 0 spiro atoms. The first-order valence-electron chi connectivity index (χ1n) is 9.95. The maximum Gasteiger partial charge on any atom is 0.337 e. The number of pyridine rings is 1. The van der Waals surface area contributed by atoms with Crippen LogP contribution in [0.3, 0.4) is 0 Å². The van der Waals surface area contributed by atoms with Crippen LogP contribution < -0.4 is 9.47 Å². The second-order valence-corrected chi connectivity index (χ2v) is 7.72. The average Bonchev–Trinajstić information content (AvgIpc) is 2.69. The van der Waals surface area contributed by atoms with Gasteiger partial charge in [0.2, 0.25) is 0 Å². The molecule has 1 heterocycles. The molecule has 0 atom stereocenters. The van der Waals surface area contributed by atoms with Crippen molar-refractivity contribution < 1.29 is 19.4 Å². The summed E-state index contributed by atoms with van der Waals surface area (Å²) in [7, 11) is 0. The van der Waals surface area contributed by atoms with Gasteiger partial charge in [-0.25, -0.2) is 9.78 Å². The molecule has 30 heavy (non-hydrogen) atoms. The van der Waals surface area contributed by atoms with Crippen LogP contribution in [0.4, 0.5) is 0 Å². The zero-order valence-electron chi connectivity index (χ0n) is 18.0. The molecule has 1 aromatic heterocycles. The summed E-state index contributed by atoms with van der Waals surface area (Å²) < 4.78 is 11.9. The number of aryl methyl sites for hydroxylation is 3. The zero-order valence-corrected chi connectivity index (χ0v) is 18.0. The van der Waals surface area contributed by atoms with Crippen molar-refractivity contribution in [3.8, 4) is 22.8 Å². The Morgan fingerprint density at radius 2 is 1.67 bits per heavy atom. The van der Waals surface area contributed by atoms with Crippen molar-refractivity contribution in [1.29, 1.82) is 0 Å². The number of rotatable bonds is 7. The fraction of sp³-hybridized carbons (Fsp3) is 0.280. The minimum atomic E-state index is -1.03. The van der Waals surface area contributed by atoms with Crippen LogP contribution in [0.2, 0.25) is 0 Å². The van der Waals surface area contributed by atoms with Gasteiger partial charge >= 0.3 is 5.97 Å². The molecular formula is C25H27NO4. The summed E-state index contributed by atoms with van der Waals surface area (Å²) in [6, 6.07) is 15.1. The number of nitrogens with zero attached hydrogens (tertiary/aromatic N) is 1. The normalized spacial score (nSPS) is 10.9. The second kappa shape index (κ2) is 8.99. The Balaban J connectivity index is 2.00. The summed E-state index contributed by atoms with van der Waals surface area (Å²) in [4.78, 5) is 16.4. The minimum absolute atomic E-state index is 0.0110. The molecule has 2 aromatic carbocycles. The maximum absolute atomic E-state index is 11.7. The van der Waals surface area contributed by atoms with Crippen LogP contribution in [0.15, 0.2) is 48.5 Å². The van der Waals surface area contributed by atoms with Crippen molar-refractivity contribution in [3.05, 3.63) is 76.5 Å². The summed E-state index contributed by atoms with van der Waals surface area (Å²) in [6.07, 6.45) is 0.0110. The first-order chi connectivity index (χ1) is 14.2. The van der Waals surface area contributed by atoms with Crippen LogP contribution in [0, 0.1) is 20.8 Å². The molecular weight excluding hydrogens is 378 g/mol. The smallest absolute Gasteiger partial charge is 0.337 e. The van der Waals surface area contributed by atoms with Crippen LogP contribution in [-0.4, -0.2) is 22.2 Å². The van der Waals surface area contributed by atoms with Crippen LogP contribution in [0.25, 0.3) is 11.3 Å². The summed E-state index contributed by atoms with van der Waals surface area (Å²) in [5.74, 6) is 0.405. The van der Waals surface area contributed by atoms with E-state index in [9.17, 15) is 9.90 Å². The Morgan fingerprint density at radius 3 is 2.37 bits per heavy atom. The summed E-state index contributed by atoms with van der Waals surface area (Å²) in [5, 5.41) is 9.62. The molecule has 156 valence electrons. The molecule has 0 aliphatic heterocycles. The second-order valence-electron chi connectivity index (χ2n) is 7.72. The van der Waals surface area contributed by atoms with Crippen LogP contribution in [0.1, 0.15) is 46.6 Å². The Labute approximate surface area is 177 Å². The van der Waals surface area contributed by atoms with Gasteiger partial charge in [0.05, 0.1) is 23.1 Å². The third-order valence-corrected chi connectivity index (χ3v) is 4.69. The van der Waals surface area contributed by atoms with Crippen molar-refractivity contribution >= 4 is 5.97 Å². The molecule has 0 aliphatic rings. The number of aromatic carboxylic acids is 1. The van der Waals surface area contributed by atoms with Gasteiger partial charge in [0.15, 0.2) is 0 Å².